The molecule has 0 fully saturated rings. The fourth-order valence-electron chi connectivity index (χ4n) is 1.49. The van der Waals surface area contributed by atoms with Crippen LogP contribution in [0.5, 0.6) is 0 Å². The Bertz CT molecular complexity index is 328. The Labute approximate surface area is 89.5 Å². The Morgan fingerprint density at radius 3 is 2.64 bits per heavy atom. The summed E-state index contributed by atoms with van der Waals surface area (Å²) in [6.45, 7) is 4.82. The molecule has 1 rings (SSSR count). The number of nitrogens with two attached hydrogens (primary N) is 1. The zero-order valence-electron chi connectivity index (χ0n) is 8.63. The number of nitrogen functional groups attached to an aromatic ring is 1. The molecule has 1 heterocycles. The third-order valence-corrected chi connectivity index (χ3v) is 2.39. The van der Waals surface area contributed by atoms with Crippen LogP contribution in [-0.2, 0) is 19.4 Å². The number of aromatic nitrogens is 2. The molecule has 0 atom stereocenters. The van der Waals surface area contributed by atoms with Gasteiger partial charge in [-0.1, -0.05) is 31.5 Å². The van der Waals surface area contributed by atoms with Crippen LogP contribution in [0.2, 0.25) is 0 Å². The number of hydrogen-bond donors (Lipinski definition) is 1. The van der Waals surface area contributed by atoms with Crippen LogP contribution in [-0.4, -0.2) is 9.78 Å². The zero-order chi connectivity index (χ0) is 10.6. The van der Waals surface area contributed by atoms with E-state index in [0.717, 1.165) is 29.9 Å². The summed E-state index contributed by atoms with van der Waals surface area (Å²) in [5, 5.41) is 4.42. The fraction of sp³-hybridized carbons (Fsp3) is 0.500. The van der Waals surface area contributed by atoms with Crippen molar-refractivity contribution in [1.29, 1.82) is 0 Å². The molecule has 2 N–H and O–H groups in total. The van der Waals surface area contributed by atoms with Crippen molar-refractivity contribution in [2.45, 2.75) is 33.2 Å². The lowest BCUT2D eigenvalue weighted by Crippen LogP contribution is -2.03. The van der Waals surface area contributed by atoms with Crippen molar-refractivity contribution in [1.82, 2.24) is 9.78 Å². The van der Waals surface area contributed by atoms with Crippen molar-refractivity contribution in [3.8, 4) is 0 Å². The van der Waals surface area contributed by atoms with Gasteiger partial charge in [-0.3, -0.25) is 4.68 Å². The second-order valence-corrected chi connectivity index (χ2v) is 3.31. The molecule has 1 aromatic rings. The molecule has 0 saturated carbocycles. The van der Waals surface area contributed by atoms with Gasteiger partial charge in [-0.2, -0.15) is 5.10 Å². The van der Waals surface area contributed by atoms with E-state index in [2.05, 4.69) is 18.9 Å². The predicted molar refractivity (Wildman–Crippen MR) is 60.4 cm³/mol. The molecule has 0 bridgehead atoms. The molecular formula is C10H16ClN3. The van der Waals surface area contributed by atoms with Gasteiger partial charge in [-0.05, 0) is 12.8 Å². The minimum absolute atomic E-state index is 0.691. The number of hydrogen-bond acceptors (Lipinski definition) is 2. The van der Waals surface area contributed by atoms with Gasteiger partial charge in [-0.15, -0.1) is 0 Å². The van der Waals surface area contributed by atoms with E-state index in [-0.39, 0.29) is 0 Å². The maximum atomic E-state index is 5.96. The lowest BCUT2D eigenvalue weighted by atomic mass is 10.2. The normalized spacial score (nSPS) is 11.4. The molecule has 0 spiro atoms. The Kier molecular flexibility index (Phi) is 4.01. The van der Waals surface area contributed by atoms with Crippen LogP contribution < -0.4 is 5.73 Å². The number of anilines is 1. The van der Waals surface area contributed by atoms with Crippen LogP contribution in [0.25, 0.3) is 0 Å². The minimum Gasteiger partial charge on any atom is -0.396 e. The highest BCUT2D eigenvalue weighted by Gasteiger charge is 2.10. The average Bonchev–Trinajstić information content (AvgIpc) is 2.51. The average molecular weight is 214 g/mol. The molecule has 0 aliphatic rings. The van der Waals surface area contributed by atoms with E-state index in [1.54, 1.807) is 0 Å². The van der Waals surface area contributed by atoms with E-state index in [4.69, 9.17) is 17.3 Å². The van der Waals surface area contributed by atoms with E-state index < -0.39 is 0 Å². The van der Waals surface area contributed by atoms with Crippen molar-refractivity contribution in [2.24, 2.45) is 0 Å². The lowest BCUT2D eigenvalue weighted by molar-refractivity contribution is 0.653. The lowest BCUT2D eigenvalue weighted by Gasteiger charge is -2.01. The molecule has 0 amide bonds. The monoisotopic (exact) mass is 213 g/mol. The predicted octanol–water partition coefficient (Wildman–Crippen LogP) is 2.34. The first-order valence-electron chi connectivity index (χ1n) is 4.83. The topological polar surface area (TPSA) is 43.8 Å². The summed E-state index contributed by atoms with van der Waals surface area (Å²) in [4.78, 5) is 0. The van der Waals surface area contributed by atoms with Crippen molar-refractivity contribution >= 4 is 17.3 Å². The fourth-order valence-corrected chi connectivity index (χ4v) is 1.57. The van der Waals surface area contributed by atoms with Gasteiger partial charge in [0, 0.05) is 5.54 Å². The Morgan fingerprint density at radius 1 is 1.43 bits per heavy atom. The number of halogens is 1. The molecule has 0 radical (unpaired) electrons. The number of allylic oxidation sites excluding steroid dienone is 1. The van der Waals surface area contributed by atoms with Crippen molar-refractivity contribution in [3.05, 3.63) is 23.0 Å². The first-order chi connectivity index (χ1) is 6.74. The van der Waals surface area contributed by atoms with Gasteiger partial charge in [0.15, 0.2) is 0 Å². The third kappa shape index (κ3) is 2.10. The second kappa shape index (κ2) is 5.05. The molecule has 4 heteroatoms. The van der Waals surface area contributed by atoms with Gasteiger partial charge >= 0.3 is 0 Å². The summed E-state index contributed by atoms with van der Waals surface area (Å²) in [7, 11) is 0. The number of rotatable bonds is 4. The molecule has 0 unspecified atom stereocenters. The minimum atomic E-state index is 0.691. The summed E-state index contributed by atoms with van der Waals surface area (Å²) < 4.78 is 1.91. The molecule has 0 aromatic carbocycles. The molecule has 0 aliphatic carbocycles. The van der Waals surface area contributed by atoms with Gasteiger partial charge in [-0.25, -0.2) is 0 Å². The highest BCUT2D eigenvalue weighted by Crippen LogP contribution is 2.18. The molecule has 0 saturated heterocycles. The molecule has 78 valence electrons. The SMILES string of the molecule is CCc1nn(C/C=C/Cl)c(CC)c1N. The van der Waals surface area contributed by atoms with Crippen molar-refractivity contribution in [2.75, 3.05) is 5.73 Å². The van der Waals surface area contributed by atoms with Crippen LogP contribution in [0, 0.1) is 0 Å². The molecule has 1 aromatic heterocycles. The van der Waals surface area contributed by atoms with Gasteiger partial charge in [0.2, 0.25) is 0 Å². The maximum Gasteiger partial charge on any atom is 0.0854 e. The molecular weight excluding hydrogens is 198 g/mol. The molecule has 3 nitrogen and oxygen atoms in total. The van der Waals surface area contributed by atoms with E-state index in [0.29, 0.717) is 6.54 Å². The summed E-state index contributed by atoms with van der Waals surface area (Å²) in [6.07, 6.45) is 3.62. The van der Waals surface area contributed by atoms with Crippen LogP contribution in [0.4, 0.5) is 5.69 Å². The highest BCUT2D eigenvalue weighted by molar-refractivity contribution is 6.25. The summed E-state index contributed by atoms with van der Waals surface area (Å²) in [5.41, 5.74) is 10.4. The number of aryl methyl sites for hydroxylation is 1. The number of nitrogens with zero attached hydrogens (tertiary/aromatic N) is 2. The van der Waals surface area contributed by atoms with Crippen LogP contribution in [0.1, 0.15) is 25.2 Å². The molecule has 14 heavy (non-hydrogen) atoms. The smallest absolute Gasteiger partial charge is 0.0854 e. The zero-order valence-corrected chi connectivity index (χ0v) is 9.38. The second-order valence-electron chi connectivity index (χ2n) is 3.06. The Balaban J connectivity index is 3.02. The van der Waals surface area contributed by atoms with E-state index >= 15 is 0 Å². The van der Waals surface area contributed by atoms with E-state index in [1.807, 2.05) is 10.8 Å². The largest absolute Gasteiger partial charge is 0.396 e. The standard InChI is InChI=1S/C10H16ClN3/c1-3-8-10(12)9(4-2)14(13-8)7-5-6-11/h5-6H,3-4,7,12H2,1-2H3/b6-5+. The van der Waals surface area contributed by atoms with E-state index in [9.17, 15) is 0 Å². The van der Waals surface area contributed by atoms with Crippen LogP contribution in [0.3, 0.4) is 0 Å². The Hall–Kier alpha value is -0.960. The van der Waals surface area contributed by atoms with Gasteiger partial charge in [0.25, 0.3) is 0 Å². The van der Waals surface area contributed by atoms with Crippen molar-refractivity contribution in [3.63, 3.8) is 0 Å². The highest BCUT2D eigenvalue weighted by atomic mass is 35.5. The Morgan fingerprint density at radius 2 is 2.14 bits per heavy atom. The van der Waals surface area contributed by atoms with Crippen molar-refractivity contribution < 1.29 is 0 Å². The summed E-state index contributed by atoms with van der Waals surface area (Å²) in [5.74, 6) is 0. The van der Waals surface area contributed by atoms with E-state index in [1.165, 1.54) is 5.54 Å². The van der Waals surface area contributed by atoms with Crippen LogP contribution in [0.15, 0.2) is 11.6 Å². The first-order valence-corrected chi connectivity index (χ1v) is 5.27. The summed E-state index contributed by atoms with van der Waals surface area (Å²) >= 11 is 5.47. The first kappa shape index (κ1) is 11.1. The van der Waals surface area contributed by atoms with Gasteiger partial charge < -0.3 is 5.73 Å². The van der Waals surface area contributed by atoms with Gasteiger partial charge in [0.1, 0.15) is 0 Å². The third-order valence-electron chi connectivity index (χ3n) is 2.21. The quantitative estimate of drug-likeness (QED) is 0.835. The summed E-state index contributed by atoms with van der Waals surface area (Å²) in [6, 6.07) is 0. The maximum absolute atomic E-state index is 5.96. The van der Waals surface area contributed by atoms with Gasteiger partial charge in [0.05, 0.1) is 23.6 Å². The molecule has 0 aliphatic heterocycles. The van der Waals surface area contributed by atoms with Crippen LogP contribution >= 0.6 is 11.6 Å².